The third-order valence-electron chi connectivity index (χ3n) is 5.19. The number of para-hydroxylation sites is 1. The molecular formula is C24H24N4O4. The van der Waals surface area contributed by atoms with Gasteiger partial charge in [0.05, 0.1) is 6.54 Å². The highest BCUT2D eigenvalue weighted by Crippen LogP contribution is 2.21. The molecular weight excluding hydrogens is 408 g/mol. The van der Waals surface area contributed by atoms with Crippen LogP contribution in [0.15, 0.2) is 71.5 Å². The molecule has 1 N–H and O–H groups in total. The number of ether oxygens (including phenoxy) is 1. The lowest BCUT2D eigenvalue weighted by Gasteiger charge is -2.16. The molecule has 0 saturated carbocycles. The Hall–Kier alpha value is -3.94. The van der Waals surface area contributed by atoms with E-state index in [9.17, 15) is 14.4 Å². The molecule has 8 nitrogen and oxygen atoms in total. The molecule has 0 spiro atoms. The molecule has 2 heterocycles. The Kier molecular flexibility index (Phi) is 6.60. The van der Waals surface area contributed by atoms with Crippen molar-refractivity contribution in [3.05, 3.63) is 88.3 Å². The van der Waals surface area contributed by atoms with Gasteiger partial charge in [-0.1, -0.05) is 30.3 Å². The number of nitrogens with zero attached hydrogens (tertiary/aromatic N) is 3. The van der Waals surface area contributed by atoms with Gasteiger partial charge in [0.25, 0.3) is 11.5 Å². The van der Waals surface area contributed by atoms with E-state index < -0.39 is 0 Å². The van der Waals surface area contributed by atoms with E-state index in [1.54, 1.807) is 4.90 Å². The first-order valence-electron chi connectivity index (χ1n) is 10.5. The van der Waals surface area contributed by atoms with Crippen LogP contribution in [0.3, 0.4) is 0 Å². The summed E-state index contributed by atoms with van der Waals surface area (Å²) < 4.78 is 6.82. The minimum atomic E-state index is -0.374. The zero-order valence-electron chi connectivity index (χ0n) is 17.6. The molecule has 2 aromatic carbocycles. The first kappa shape index (κ1) is 21.3. The summed E-state index contributed by atoms with van der Waals surface area (Å²) in [5.41, 5.74) is 1.63. The molecule has 0 atom stereocenters. The number of hydrogen-bond acceptors (Lipinski definition) is 5. The second kappa shape index (κ2) is 9.91. The van der Waals surface area contributed by atoms with Crippen LogP contribution < -0.4 is 20.5 Å². The average Bonchev–Trinajstić information content (AvgIpc) is 3.25. The summed E-state index contributed by atoms with van der Waals surface area (Å²) in [6.07, 6.45) is 1.47. The molecule has 2 amide bonds. The van der Waals surface area contributed by atoms with Crippen LogP contribution in [0.2, 0.25) is 0 Å². The molecule has 1 fully saturated rings. The van der Waals surface area contributed by atoms with Crippen molar-refractivity contribution in [2.75, 3.05) is 18.1 Å². The molecule has 1 aliphatic rings. The molecule has 4 rings (SSSR count). The van der Waals surface area contributed by atoms with Gasteiger partial charge in [-0.3, -0.25) is 14.4 Å². The smallest absolute Gasteiger partial charge is 0.271 e. The van der Waals surface area contributed by atoms with Crippen molar-refractivity contribution in [2.24, 2.45) is 0 Å². The van der Waals surface area contributed by atoms with Gasteiger partial charge in [-0.15, -0.1) is 0 Å². The summed E-state index contributed by atoms with van der Waals surface area (Å²) in [6, 6.07) is 19.6. The van der Waals surface area contributed by atoms with E-state index in [1.807, 2.05) is 54.6 Å². The van der Waals surface area contributed by atoms with Crippen molar-refractivity contribution in [1.82, 2.24) is 15.1 Å². The molecule has 0 aliphatic carbocycles. The topological polar surface area (TPSA) is 93.5 Å². The molecule has 8 heteroatoms. The van der Waals surface area contributed by atoms with E-state index in [4.69, 9.17) is 4.74 Å². The van der Waals surface area contributed by atoms with Crippen LogP contribution in [-0.2, 0) is 17.9 Å². The Morgan fingerprint density at radius 2 is 1.78 bits per heavy atom. The number of hydrogen-bond donors (Lipinski definition) is 1. The lowest BCUT2D eigenvalue weighted by molar-refractivity contribution is -0.117. The van der Waals surface area contributed by atoms with Crippen molar-refractivity contribution in [3.8, 4) is 5.75 Å². The number of anilines is 1. The lowest BCUT2D eigenvalue weighted by atomic mass is 10.2. The highest BCUT2D eigenvalue weighted by atomic mass is 16.5. The fourth-order valence-electron chi connectivity index (χ4n) is 3.48. The van der Waals surface area contributed by atoms with Gasteiger partial charge < -0.3 is 15.0 Å². The van der Waals surface area contributed by atoms with Crippen molar-refractivity contribution in [2.45, 2.75) is 25.9 Å². The average molecular weight is 432 g/mol. The number of benzene rings is 2. The molecule has 32 heavy (non-hydrogen) atoms. The SMILES string of the molecule is O=C(NCc1ccc(N2CCCC2=O)cc1)c1ccc(=O)n(CCOc2ccccc2)n1. The minimum absolute atomic E-state index is 0.140. The maximum absolute atomic E-state index is 12.5. The van der Waals surface area contributed by atoms with Gasteiger partial charge in [0.2, 0.25) is 5.91 Å². The Bertz CT molecular complexity index is 1140. The van der Waals surface area contributed by atoms with Crippen molar-refractivity contribution < 1.29 is 14.3 Å². The van der Waals surface area contributed by atoms with Crippen molar-refractivity contribution >= 4 is 17.5 Å². The standard InChI is InChI=1S/C24H24N4O4/c29-22-7-4-14-27(22)19-10-8-18(9-11-19)17-25-24(31)21-12-13-23(30)28(26-21)15-16-32-20-5-2-1-3-6-20/h1-3,5-6,8-13H,4,7,14-17H2,(H,25,31). The number of carbonyl (C=O) groups is 2. The summed E-state index contributed by atoms with van der Waals surface area (Å²) in [5, 5.41) is 6.97. The Balaban J connectivity index is 1.32. The number of amides is 2. The summed E-state index contributed by atoms with van der Waals surface area (Å²) >= 11 is 0. The second-order valence-corrected chi connectivity index (χ2v) is 7.44. The molecule has 0 unspecified atom stereocenters. The van der Waals surface area contributed by atoms with E-state index in [0.29, 0.717) is 18.7 Å². The van der Waals surface area contributed by atoms with Gasteiger partial charge in [-0.2, -0.15) is 5.10 Å². The number of carbonyl (C=O) groups excluding carboxylic acids is 2. The zero-order valence-corrected chi connectivity index (χ0v) is 17.6. The van der Waals surface area contributed by atoms with Crippen LogP contribution in [-0.4, -0.2) is 34.7 Å². The molecule has 1 aromatic heterocycles. The Labute approximate surface area is 185 Å². The van der Waals surface area contributed by atoms with Gasteiger partial charge in [0, 0.05) is 31.3 Å². The zero-order chi connectivity index (χ0) is 22.3. The van der Waals surface area contributed by atoms with Crippen LogP contribution in [0.4, 0.5) is 5.69 Å². The van der Waals surface area contributed by atoms with E-state index >= 15 is 0 Å². The third-order valence-corrected chi connectivity index (χ3v) is 5.19. The molecule has 3 aromatic rings. The molecule has 1 aliphatic heterocycles. The van der Waals surface area contributed by atoms with Gasteiger partial charge in [0.15, 0.2) is 0 Å². The predicted octanol–water partition coefficient (Wildman–Crippen LogP) is 2.38. The minimum Gasteiger partial charge on any atom is -0.492 e. The second-order valence-electron chi connectivity index (χ2n) is 7.44. The van der Waals surface area contributed by atoms with Crippen LogP contribution in [0.1, 0.15) is 28.9 Å². The van der Waals surface area contributed by atoms with Crippen LogP contribution in [0.5, 0.6) is 5.75 Å². The number of aromatic nitrogens is 2. The van der Waals surface area contributed by atoms with E-state index in [1.165, 1.54) is 16.8 Å². The first-order chi connectivity index (χ1) is 15.6. The summed E-state index contributed by atoms with van der Waals surface area (Å²) in [4.78, 5) is 38.2. The summed E-state index contributed by atoms with van der Waals surface area (Å²) in [6.45, 7) is 1.54. The van der Waals surface area contributed by atoms with Crippen molar-refractivity contribution in [3.63, 3.8) is 0 Å². The van der Waals surface area contributed by atoms with Gasteiger partial charge in [0.1, 0.15) is 18.1 Å². The monoisotopic (exact) mass is 432 g/mol. The van der Waals surface area contributed by atoms with Crippen LogP contribution in [0.25, 0.3) is 0 Å². The highest BCUT2D eigenvalue weighted by Gasteiger charge is 2.21. The summed E-state index contributed by atoms with van der Waals surface area (Å²) in [7, 11) is 0. The summed E-state index contributed by atoms with van der Waals surface area (Å²) in [5.74, 6) is 0.470. The maximum Gasteiger partial charge on any atom is 0.271 e. The van der Waals surface area contributed by atoms with Crippen LogP contribution in [0, 0.1) is 0 Å². The maximum atomic E-state index is 12.5. The van der Waals surface area contributed by atoms with Gasteiger partial charge in [-0.05, 0) is 42.3 Å². The number of nitrogens with one attached hydrogen (secondary N) is 1. The van der Waals surface area contributed by atoms with Crippen molar-refractivity contribution in [1.29, 1.82) is 0 Å². The van der Waals surface area contributed by atoms with E-state index in [0.717, 1.165) is 24.2 Å². The largest absolute Gasteiger partial charge is 0.492 e. The quantitative estimate of drug-likeness (QED) is 0.590. The normalized spacial score (nSPS) is 13.2. The lowest BCUT2D eigenvalue weighted by Crippen LogP contribution is -2.30. The van der Waals surface area contributed by atoms with E-state index in [2.05, 4.69) is 10.4 Å². The fourth-order valence-corrected chi connectivity index (χ4v) is 3.48. The first-order valence-corrected chi connectivity index (χ1v) is 10.5. The Morgan fingerprint density at radius 3 is 2.50 bits per heavy atom. The third kappa shape index (κ3) is 5.21. The van der Waals surface area contributed by atoms with Gasteiger partial charge >= 0.3 is 0 Å². The fraction of sp³-hybridized carbons (Fsp3) is 0.250. The van der Waals surface area contributed by atoms with E-state index in [-0.39, 0.29) is 36.2 Å². The molecule has 164 valence electrons. The van der Waals surface area contributed by atoms with Gasteiger partial charge in [-0.25, -0.2) is 4.68 Å². The molecule has 0 bridgehead atoms. The van der Waals surface area contributed by atoms with Crippen LogP contribution >= 0.6 is 0 Å². The molecule has 1 saturated heterocycles. The number of rotatable bonds is 8. The predicted molar refractivity (Wildman–Crippen MR) is 120 cm³/mol. The Morgan fingerprint density at radius 1 is 1.00 bits per heavy atom. The highest BCUT2D eigenvalue weighted by molar-refractivity contribution is 5.95. The molecule has 0 radical (unpaired) electrons.